The summed E-state index contributed by atoms with van der Waals surface area (Å²) in [6, 6.07) is 37.5. The van der Waals surface area contributed by atoms with Crippen molar-refractivity contribution >= 4 is 24.0 Å². The van der Waals surface area contributed by atoms with Crippen molar-refractivity contribution in [3.05, 3.63) is 172 Å². The molecule has 5 aromatic rings. The summed E-state index contributed by atoms with van der Waals surface area (Å²) >= 11 is 0. The molecule has 15 heteroatoms. The minimum atomic E-state index is -1.41. The second-order valence-electron chi connectivity index (χ2n) is 21.5. The number of aryl methyl sites for hydroxylation is 1. The van der Waals surface area contributed by atoms with E-state index in [9.17, 15) is 14.4 Å². The van der Waals surface area contributed by atoms with Crippen molar-refractivity contribution in [1.29, 1.82) is 0 Å². The molecule has 1 aliphatic heterocycles. The number of methoxy groups -OCH3 is 1. The summed E-state index contributed by atoms with van der Waals surface area (Å²) in [7, 11) is 1.18. The van der Waals surface area contributed by atoms with Crippen LogP contribution < -0.4 is 5.32 Å². The van der Waals surface area contributed by atoms with Crippen molar-refractivity contribution in [3.63, 3.8) is 0 Å². The Morgan fingerprint density at radius 1 is 0.560 bits per heavy atom. The van der Waals surface area contributed by atoms with E-state index >= 15 is 4.79 Å². The Balaban J connectivity index is 1.57. The van der Waals surface area contributed by atoms with Gasteiger partial charge in [-0.25, -0.2) is 19.2 Å². The Hall–Kier alpha value is -6.49. The number of nitrogens with one attached hydrogen (secondary N) is 1. The molecule has 1 aromatic heterocycles. The molecule has 0 unspecified atom stereocenters. The molecule has 0 bridgehead atoms. The van der Waals surface area contributed by atoms with Gasteiger partial charge in [-0.05, 0) is 97.1 Å². The van der Waals surface area contributed by atoms with Gasteiger partial charge in [0, 0.05) is 12.8 Å². The maximum absolute atomic E-state index is 15.1. The third-order valence-electron chi connectivity index (χ3n) is 11.7. The highest BCUT2D eigenvalue weighted by atomic mass is 16.6. The SMILES string of the molecule is COC(=O)[C@H](Cc1nc(C)c(C(=O)OC(C)(C)C)c(C[C@H]2O[C@H](COCc3ccccc3)[C@H](OCc3ccccc3)[C@H](OCc3ccccc3)[C@H]2OCc2ccccc2)c1C(=O)OC(C)(C)C)NC(=O)OC(C)(C)C. The first-order chi connectivity index (χ1) is 35.6. The lowest BCUT2D eigenvalue weighted by molar-refractivity contribution is -0.272. The molecule has 6 rings (SSSR count). The van der Waals surface area contributed by atoms with Gasteiger partial charge < -0.3 is 47.9 Å². The fourth-order valence-electron chi connectivity index (χ4n) is 8.58. The molecule has 2 heterocycles. The molecule has 0 saturated carbocycles. The Bertz CT molecular complexity index is 2630. The number of amides is 1. The highest BCUT2D eigenvalue weighted by Gasteiger charge is 2.49. The Kier molecular flexibility index (Phi) is 20.3. The van der Waals surface area contributed by atoms with Crippen LogP contribution in [-0.4, -0.2) is 96.1 Å². The van der Waals surface area contributed by atoms with E-state index in [4.69, 9.17) is 47.6 Å². The van der Waals surface area contributed by atoms with Crippen molar-refractivity contribution in [1.82, 2.24) is 10.3 Å². The minimum Gasteiger partial charge on any atom is -0.467 e. The summed E-state index contributed by atoms with van der Waals surface area (Å²) < 4.78 is 57.7. The van der Waals surface area contributed by atoms with E-state index in [-0.39, 0.29) is 74.0 Å². The number of aromatic nitrogens is 1. The molecular formula is C60H74N2O13. The Morgan fingerprint density at radius 3 is 1.41 bits per heavy atom. The lowest BCUT2D eigenvalue weighted by Crippen LogP contribution is -2.61. The van der Waals surface area contributed by atoms with Crippen LogP contribution in [0.5, 0.6) is 0 Å². The first kappa shape index (κ1) is 57.8. The van der Waals surface area contributed by atoms with E-state index in [1.54, 1.807) is 69.2 Å². The maximum Gasteiger partial charge on any atom is 0.408 e. The van der Waals surface area contributed by atoms with Crippen LogP contribution in [0.1, 0.15) is 122 Å². The average molecular weight is 1030 g/mol. The first-order valence-electron chi connectivity index (χ1n) is 25.4. The van der Waals surface area contributed by atoms with E-state index in [1.165, 1.54) is 7.11 Å². The summed E-state index contributed by atoms with van der Waals surface area (Å²) in [5.74, 6) is -2.46. The lowest BCUT2D eigenvalue weighted by atomic mass is 9.86. The highest BCUT2D eigenvalue weighted by Crippen LogP contribution is 2.36. The van der Waals surface area contributed by atoms with Gasteiger partial charge in [-0.15, -0.1) is 0 Å². The highest BCUT2D eigenvalue weighted by molar-refractivity contribution is 6.00. The van der Waals surface area contributed by atoms with E-state index in [0.29, 0.717) is 0 Å². The zero-order chi connectivity index (χ0) is 54.3. The molecule has 1 saturated heterocycles. The minimum absolute atomic E-state index is 0.0178. The molecule has 15 nitrogen and oxygen atoms in total. The number of esters is 3. The molecule has 402 valence electrons. The second-order valence-corrected chi connectivity index (χ2v) is 21.5. The number of hydrogen-bond acceptors (Lipinski definition) is 14. The summed E-state index contributed by atoms with van der Waals surface area (Å²) in [5.41, 5.74) is 0.867. The van der Waals surface area contributed by atoms with Crippen LogP contribution in [0.25, 0.3) is 0 Å². The molecule has 0 spiro atoms. The quantitative estimate of drug-likeness (QED) is 0.0543. The van der Waals surface area contributed by atoms with Crippen LogP contribution in [0.3, 0.4) is 0 Å². The van der Waals surface area contributed by atoms with Gasteiger partial charge in [0.05, 0.1) is 68.8 Å². The molecule has 1 fully saturated rings. The van der Waals surface area contributed by atoms with E-state index in [2.05, 4.69) is 5.32 Å². The van der Waals surface area contributed by atoms with Crippen LogP contribution >= 0.6 is 0 Å². The first-order valence-corrected chi connectivity index (χ1v) is 25.4. The van der Waals surface area contributed by atoms with Gasteiger partial charge in [-0.3, -0.25) is 4.98 Å². The molecule has 6 atom stereocenters. The number of benzene rings is 4. The van der Waals surface area contributed by atoms with Gasteiger partial charge in [0.15, 0.2) is 0 Å². The standard InChI is InChI=1S/C60H74N2O13/c1-39-49(55(64)73-58(2,3)4)44(50(56(65)74-59(5,6)7)45(61-39)33-46(54(63)67-11)62-57(66)75-60(8,9)10)32-47-51(69-35-41-26-18-13-19-27-41)53(71-37-43-30-22-15-23-31-43)52(70-36-42-28-20-14-21-29-42)48(72-47)38-68-34-40-24-16-12-17-25-40/h12-31,46-48,51-53H,32-38H2,1-11H3,(H,62,66)/t46-,47+,48+,51-,52-,53+/m0/s1. The molecule has 1 N–H and O–H groups in total. The van der Waals surface area contributed by atoms with Crippen molar-refractivity contribution in [3.8, 4) is 0 Å². The van der Waals surface area contributed by atoms with Crippen LogP contribution in [0, 0.1) is 6.92 Å². The Labute approximate surface area is 441 Å². The van der Waals surface area contributed by atoms with E-state index in [0.717, 1.165) is 22.3 Å². The fourth-order valence-corrected chi connectivity index (χ4v) is 8.58. The predicted molar refractivity (Wildman–Crippen MR) is 282 cm³/mol. The number of carbonyl (C=O) groups excluding carboxylic acids is 4. The molecule has 1 aliphatic rings. The number of pyridine rings is 1. The third kappa shape index (κ3) is 17.8. The van der Waals surface area contributed by atoms with Gasteiger partial charge in [-0.1, -0.05) is 121 Å². The number of ether oxygens (including phenoxy) is 9. The van der Waals surface area contributed by atoms with Crippen LogP contribution in [0.4, 0.5) is 4.79 Å². The third-order valence-corrected chi connectivity index (χ3v) is 11.7. The van der Waals surface area contributed by atoms with Gasteiger partial charge in [0.1, 0.15) is 47.3 Å². The van der Waals surface area contributed by atoms with Crippen molar-refractivity contribution in [2.45, 2.75) is 162 Å². The monoisotopic (exact) mass is 1030 g/mol. The van der Waals surface area contributed by atoms with Gasteiger partial charge in [0.25, 0.3) is 0 Å². The van der Waals surface area contributed by atoms with Gasteiger partial charge in [-0.2, -0.15) is 0 Å². The van der Waals surface area contributed by atoms with E-state index < -0.39 is 77.4 Å². The number of carbonyl (C=O) groups is 4. The van der Waals surface area contributed by atoms with Crippen molar-refractivity contribution < 1.29 is 61.8 Å². The topological polar surface area (TPSA) is 176 Å². The number of rotatable bonds is 21. The average Bonchev–Trinajstić information content (AvgIpc) is 3.34. The van der Waals surface area contributed by atoms with E-state index in [1.807, 2.05) is 121 Å². The van der Waals surface area contributed by atoms with Crippen LogP contribution in [0.15, 0.2) is 121 Å². The second kappa shape index (κ2) is 26.3. The van der Waals surface area contributed by atoms with Gasteiger partial charge >= 0.3 is 24.0 Å². The summed E-state index contributed by atoms with van der Waals surface area (Å²) in [6.45, 7) is 17.8. The predicted octanol–water partition coefficient (Wildman–Crippen LogP) is 10.2. The normalized spacial score (nSPS) is 18.4. The summed E-state index contributed by atoms with van der Waals surface area (Å²) in [4.78, 5) is 61.6. The number of hydrogen-bond donors (Lipinski definition) is 1. The van der Waals surface area contributed by atoms with Crippen LogP contribution in [0.2, 0.25) is 0 Å². The maximum atomic E-state index is 15.1. The molecule has 0 aliphatic carbocycles. The summed E-state index contributed by atoms with van der Waals surface area (Å²) in [5, 5.41) is 2.61. The zero-order valence-corrected chi connectivity index (χ0v) is 45.2. The molecular weight excluding hydrogens is 957 g/mol. The summed E-state index contributed by atoms with van der Waals surface area (Å²) in [6.07, 6.45) is -5.91. The lowest BCUT2D eigenvalue weighted by Gasteiger charge is -2.46. The fraction of sp³-hybridized carbons (Fsp3) is 0.450. The van der Waals surface area contributed by atoms with Crippen LogP contribution in [-0.2, 0) is 86.7 Å². The number of alkyl carbamates (subject to hydrolysis) is 1. The van der Waals surface area contributed by atoms with Crippen molar-refractivity contribution in [2.24, 2.45) is 0 Å². The molecule has 0 radical (unpaired) electrons. The zero-order valence-electron chi connectivity index (χ0n) is 45.2. The number of nitrogens with zero attached hydrogens (tertiary/aromatic N) is 1. The smallest absolute Gasteiger partial charge is 0.408 e. The van der Waals surface area contributed by atoms with Gasteiger partial charge in [0.2, 0.25) is 0 Å². The molecule has 1 amide bonds. The molecule has 75 heavy (non-hydrogen) atoms. The Morgan fingerprint density at radius 2 is 0.973 bits per heavy atom. The largest absolute Gasteiger partial charge is 0.467 e. The molecule has 4 aromatic carbocycles. The van der Waals surface area contributed by atoms with Crippen molar-refractivity contribution in [2.75, 3.05) is 13.7 Å².